The standard InChI is InChI=1S/C18H22N4O2/c1-11-5-6-14(9-16(11)21-19)18(24)22-8-7-15(12(2)13(3)23)17(10-22)20-4/h5-6,9,19H,7-8,10H2,1-4H3/b15-12+,20-17?,21-19?. The number of nitrogens with one attached hydrogen (secondary N) is 1. The molecule has 0 unspecified atom stereocenters. The highest BCUT2D eigenvalue weighted by atomic mass is 16.2. The normalized spacial score (nSPS) is 18.5. The summed E-state index contributed by atoms with van der Waals surface area (Å²) >= 11 is 0. The van der Waals surface area contributed by atoms with E-state index in [1.165, 1.54) is 0 Å². The van der Waals surface area contributed by atoms with E-state index in [1.807, 2.05) is 13.8 Å². The Bertz CT molecular complexity index is 762. The van der Waals surface area contributed by atoms with E-state index in [0.717, 1.165) is 16.8 Å². The lowest BCUT2D eigenvalue weighted by Gasteiger charge is -2.30. The monoisotopic (exact) mass is 326 g/mol. The molecule has 126 valence electrons. The van der Waals surface area contributed by atoms with Crippen molar-refractivity contribution in [3.8, 4) is 0 Å². The molecule has 1 amide bonds. The molecule has 0 radical (unpaired) electrons. The van der Waals surface area contributed by atoms with Crippen LogP contribution in [-0.2, 0) is 4.79 Å². The fourth-order valence-electron chi connectivity index (χ4n) is 2.79. The first-order valence-corrected chi connectivity index (χ1v) is 7.83. The van der Waals surface area contributed by atoms with Gasteiger partial charge in [-0.25, -0.2) is 5.53 Å². The number of carbonyl (C=O) groups excluding carboxylic acids is 2. The number of piperidine rings is 1. The van der Waals surface area contributed by atoms with E-state index in [4.69, 9.17) is 5.53 Å². The van der Waals surface area contributed by atoms with Crippen LogP contribution in [0, 0.1) is 12.5 Å². The number of carbonyl (C=O) groups is 2. The second-order valence-corrected chi connectivity index (χ2v) is 5.92. The van der Waals surface area contributed by atoms with Crippen molar-refractivity contribution < 1.29 is 9.59 Å². The third kappa shape index (κ3) is 3.48. The Morgan fingerprint density at radius 3 is 2.54 bits per heavy atom. The molecule has 0 aliphatic carbocycles. The fraction of sp³-hybridized carbons (Fsp3) is 0.389. The number of aryl methyl sites for hydroxylation is 1. The summed E-state index contributed by atoms with van der Waals surface area (Å²) in [5.74, 6) is -0.0771. The number of hydrogen-bond donors (Lipinski definition) is 1. The number of aliphatic imine (C=N–C) groups is 1. The summed E-state index contributed by atoms with van der Waals surface area (Å²) in [5.41, 5.74) is 11.5. The topological polar surface area (TPSA) is 85.9 Å². The van der Waals surface area contributed by atoms with Crippen molar-refractivity contribution in [1.82, 2.24) is 4.90 Å². The number of Topliss-reactive ketones (excluding diaryl/α,β-unsaturated/α-hetero) is 1. The first-order valence-electron chi connectivity index (χ1n) is 7.83. The van der Waals surface area contributed by atoms with Gasteiger partial charge in [-0.05, 0) is 56.0 Å². The van der Waals surface area contributed by atoms with Gasteiger partial charge in [0.2, 0.25) is 0 Å². The number of allylic oxidation sites excluding steroid dienone is 1. The van der Waals surface area contributed by atoms with E-state index < -0.39 is 0 Å². The summed E-state index contributed by atoms with van der Waals surface area (Å²) in [6, 6.07) is 5.19. The third-order valence-corrected chi connectivity index (χ3v) is 4.44. The number of nitrogens with zero attached hydrogens (tertiary/aromatic N) is 3. The van der Waals surface area contributed by atoms with Crippen LogP contribution in [0.3, 0.4) is 0 Å². The van der Waals surface area contributed by atoms with Gasteiger partial charge in [0.25, 0.3) is 5.91 Å². The maximum Gasteiger partial charge on any atom is 0.254 e. The van der Waals surface area contributed by atoms with Crippen molar-refractivity contribution in [2.24, 2.45) is 10.1 Å². The molecule has 1 aliphatic rings. The molecule has 1 heterocycles. The van der Waals surface area contributed by atoms with Crippen molar-refractivity contribution in [3.05, 3.63) is 40.5 Å². The molecular formula is C18H22N4O2. The molecule has 24 heavy (non-hydrogen) atoms. The Labute approximate surface area is 141 Å². The number of benzene rings is 1. The molecule has 1 aromatic carbocycles. The van der Waals surface area contributed by atoms with Crippen LogP contribution >= 0.6 is 0 Å². The molecule has 0 spiro atoms. The highest BCUT2D eigenvalue weighted by Crippen LogP contribution is 2.24. The number of hydrogen-bond acceptors (Lipinski definition) is 5. The van der Waals surface area contributed by atoms with Crippen LogP contribution in [0.25, 0.3) is 0 Å². The van der Waals surface area contributed by atoms with E-state index in [-0.39, 0.29) is 11.7 Å². The van der Waals surface area contributed by atoms with E-state index >= 15 is 0 Å². The third-order valence-electron chi connectivity index (χ3n) is 4.44. The minimum Gasteiger partial charge on any atom is -0.332 e. The van der Waals surface area contributed by atoms with Crippen molar-refractivity contribution in [1.29, 1.82) is 5.53 Å². The molecule has 1 N–H and O–H groups in total. The lowest BCUT2D eigenvalue weighted by Crippen LogP contribution is -2.41. The second-order valence-electron chi connectivity index (χ2n) is 5.92. The molecule has 1 fully saturated rings. The molecule has 6 heteroatoms. The van der Waals surface area contributed by atoms with Crippen LogP contribution in [0.15, 0.2) is 39.5 Å². The Kier molecular flexibility index (Phi) is 5.39. The molecule has 0 bridgehead atoms. The maximum atomic E-state index is 12.7. The summed E-state index contributed by atoms with van der Waals surface area (Å²) in [7, 11) is 1.68. The average molecular weight is 326 g/mol. The van der Waals surface area contributed by atoms with Gasteiger partial charge in [0.1, 0.15) is 0 Å². The zero-order chi connectivity index (χ0) is 17.9. The van der Waals surface area contributed by atoms with Gasteiger partial charge in [0, 0.05) is 19.2 Å². The van der Waals surface area contributed by atoms with Gasteiger partial charge in [-0.2, -0.15) is 5.11 Å². The van der Waals surface area contributed by atoms with Gasteiger partial charge < -0.3 is 4.90 Å². The summed E-state index contributed by atoms with van der Waals surface area (Å²) in [6.07, 6.45) is 0.616. The zero-order valence-electron chi connectivity index (χ0n) is 14.5. The molecule has 0 saturated carbocycles. The van der Waals surface area contributed by atoms with Crippen molar-refractivity contribution in [2.45, 2.75) is 27.2 Å². The lowest BCUT2D eigenvalue weighted by molar-refractivity contribution is -0.113. The van der Waals surface area contributed by atoms with Crippen LogP contribution in [0.1, 0.15) is 36.2 Å². The summed E-state index contributed by atoms with van der Waals surface area (Å²) in [4.78, 5) is 30.3. The quantitative estimate of drug-likeness (QED) is 0.681. The van der Waals surface area contributed by atoms with Crippen LogP contribution in [-0.4, -0.2) is 42.4 Å². The maximum absolute atomic E-state index is 12.7. The van der Waals surface area contributed by atoms with Crippen LogP contribution < -0.4 is 0 Å². The highest BCUT2D eigenvalue weighted by Gasteiger charge is 2.26. The fourth-order valence-corrected chi connectivity index (χ4v) is 2.79. The average Bonchev–Trinajstić information content (AvgIpc) is 2.60. The Balaban J connectivity index is 2.27. The smallest absolute Gasteiger partial charge is 0.254 e. The van der Waals surface area contributed by atoms with E-state index in [9.17, 15) is 9.59 Å². The first-order chi connectivity index (χ1) is 11.4. The summed E-state index contributed by atoms with van der Waals surface area (Å²) in [5, 5.41) is 3.45. The van der Waals surface area contributed by atoms with Crippen molar-refractivity contribution in [2.75, 3.05) is 20.1 Å². The highest BCUT2D eigenvalue weighted by molar-refractivity contribution is 6.11. The van der Waals surface area contributed by atoms with Gasteiger partial charge in [0.05, 0.1) is 17.9 Å². The molecule has 2 rings (SSSR count). The van der Waals surface area contributed by atoms with E-state index in [1.54, 1.807) is 37.1 Å². The molecule has 0 aromatic heterocycles. The largest absolute Gasteiger partial charge is 0.332 e. The minimum atomic E-state index is -0.111. The molecule has 1 aromatic rings. The molecule has 1 aliphatic heterocycles. The van der Waals surface area contributed by atoms with Crippen molar-refractivity contribution in [3.63, 3.8) is 0 Å². The van der Waals surface area contributed by atoms with E-state index in [2.05, 4.69) is 10.1 Å². The Morgan fingerprint density at radius 1 is 1.25 bits per heavy atom. The number of rotatable bonds is 3. The van der Waals surface area contributed by atoms with Crippen molar-refractivity contribution >= 4 is 23.1 Å². The SMILES string of the molecule is CN=C1CN(C(=O)c2ccc(C)c(N=N)c2)CC/C1=C(/C)C(C)=O. The number of amides is 1. The first kappa shape index (κ1) is 17.7. The molecule has 0 atom stereocenters. The lowest BCUT2D eigenvalue weighted by atomic mass is 9.94. The second kappa shape index (κ2) is 7.29. The Hall–Kier alpha value is -2.63. The summed E-state index contributed by atoms with van der Waals surface area (Å²) < 4.78 is 0. The van der Waals surface area contributed by atoms with Gasteiger partial charge >= 0.3 is 0 Å². The molecule has 6 nitrogen and oxygen atoms in total. The number of likely N-dealkylation sites (tertiary alicyclic amines) is 1. The van der Waals surface area contributed by atoms with Gasteiger partial charge in [0.15, 0.2) is 5.78 Å². The molecular weight excluding hydrogens is 304 g/mol. The zero-order valence-corrected chi connectivity index (χ0v) is 14.5. The van der Waals surface area contributed by atoms with Crippen LogP contribution in [0.2, 0.25) is 0 Å². The predicted octanol–water partition coefficient (Wildman–Crippen LogP) is 3.48. The minimum absolute atomic E-state index is 0.0335. The van der Waals surface area contributed by atoms with Gasteiger partial charge in [-0.1, -0.05) is 6.07 Å². The van der Waals surface area contributed by atoms with Crippen LogP contribution in [0.5, 0.6) is 0 Å². The summed E-state index contributed by atoms with van der Waals surface area (Å²) in [6.45, 7) is 6.13. The van der Waals surface area contributed by atoms with E-state index in [0.29, 0.717) is 36.3 Å². The predicted molar refractivity (Wildman–Crippen MR) is 93.2 cm³/mol. The van der Waals surface area contributed by atoms with Gasteiger partial charge in [-0.3, -0.25) is 14.6 Å². The van der Waals surface area contributed by atoms with Crippen LogP contribution in [0.4, 0.5) is 5.69 Å². The molecule has 1 saturated heterocycles. The van der Waals surface area contributed by atoms with Gasteiger partial charge in [-0.15, -0.1) is 0 Å². The Morgan fingerprint density at radius 2 is 1.96 bits per heavy atom. The number of ketones is 1.